The van der Waals surface area contributed by atoms with Gasteiger partial charge in [-0.1, -0.05) is 37.1 Å². The maximum atomic E-state index is 12.7. The fourth-order valence-corrected chi connectivity index (χ4v) is 3.34. The number of hydrogen-bond donors (Lipinski definition) is 1. The Morgan fingerprint density at radius 1 is 1.29 bits per heavy atom. The topological polar surface area (TPSA) is 32.3 Å². The van der Waals surface area contributed by atoms with Crippen molar-refractivity contribution in [3.05, 3.63) is 34.9 Å². The molecule has 2 aliphatic rings. The highest BCUT2D eigenvalue weighted by atomic mass is 16.2. The lowest BCUT2D eigenvalue weighted by molar-refractivity contribution is -0.130. The molecule has 0 spiro atoms. The van der Waals surface area contributed by atoms with Crippen molar-refractivity contribution in [3.63, 3.8) is 0 Å². The molecule has 1 saturated carbocycles. The van der Waals surface area contributed by atoms with E-state index in [4.69, 9.17) is 0 Å². The maximum absolute atomic E-state index is 12.7. The number of nitrogens with zero attached hydrogens (tertiary/aromatic N) is 1. The van der Waals surface area contributed by atoms with Crippen LogP contribution in [0.1, 0.15) is 55.5 Å². The molecule has 3 heteroatoms. The van der Waals surface area contributed by atoms with Gasteiger partial charge in [0.25, 0.3) is 0 Å². The van der Waals surface area contributed by atoms with Gasteiger partial charge in [-0.25, -0.2) is 0 Å². The van der Waals surface area contributed by atoms with Crippen molar-refractivity contribution in [2.24, 2.45) is 5.92 Å². The molecule has 1 amide bonds. The summed E-state index contributed by atoms with van der Waals surface area (Å²) in [6.07, 6.45) is 4.60. The van der Waals surface area contributed by atoms with Gasteiger partial charge in [0.1, 0.15) is 6.17 Å². The summed E-state index contributed by atoms with van der Waals surface area (Å²) in [6, 6.07) is 6.55. The van der Waals surface area contributed by atoms with Crippen LogP contribution in [0.4, 0.5) is 0 Å². The summed E-state index contributed by atoms with van der Waals surface area (Å²) in [5, 5.41) is 3.58. The van der Waals surface area contributed by atoms with E-state index in [9.17, 15) is 4.79 Å². The van der Waals surface area contributed by atoms with Crippen LogP contribution in [-0.4, -0.2) is 23.4 Å². The number of aryl methyl sites for hydroxylation is 2. The Kier molecular flexibility index (Phi) is 4.03. The molecule has 0 aromatic heterocycles. The van der Waals surface area contributed by atoms with Crippen LogP contribution in [0.3, 0.4) is 0 Å². The molecule has 3 rings (SSSR count). The minimum Gasteiger partial charge on any atom is -0.321 e. The van der Waals surface area contributed by atoms with Crippen LogP contribution in [0.5, 0.6) is 0 Å². The van der Waals surface area contributed by atoms with Gasteiger partial charge in [0.2, 0.25) is 5.91 Å². The Morgan fingerprint density at radius 3 is 2.67 bits per heavy atom. The van der Waals surface area contributed by atoms with Crippen molar-refractivity contribution in [3.8, 4) is 0 Å². The number of hydrogen-bond acceptors (Lipinski definition) is 2. The molecule has 114 valence electrons. The Hall–Kier alpha value is -1.35. The number of carbonyl (C=O) groups excluding carboxylic acids is 1. The maximum Gasteiger partial charge on any atom is 0.241 e. The molecular weight excluding hydrogens is 260 g/mol. The first-order chi connectivity index (χ1) is 10.1. The molecule has 2 atom stereocenters. The van der Waals surface area contributed by atoms with Crippen LogP contribution in [0.25, 0.3) is 0 Å². The lowest BCUT2D eigenvalue weighted by Gasteiger charge is -2.26. The number of nitrogens with one attached hydrogen (secondary N) is 1. The summed E-state index contributed by atoms with van der Waals surface area (Å²) in [4.78, 5) is 14.8. The Bertz CT molecular complexity index is 536. The van der Waals surface area contributed by atoms with Gasteiger partial charge in [0.05, 0.1) is 6.04 Å². The lowest BCUT2D eigenvalue weighted by Crippen LogP contribution is -2.33. The predicted octanol–water partition coefficient (Wildman–Crippen LogP) is 3.31. The average molecular weight is 286 g/mol. The highest BCUT2D eigenvalue weighted by molar-refractivity contribution is 5.84. The quantitative estimate of drug-likeness (QED) is 0.900. The summed E-state index contributed by atoms with van der Waals surface area (Å²) in [5.41, 5.74) is 3.81. The molecule has 3 nitrogen and oxygen atoms in total. The fourth-order valence-electron chi connectivity index (χ4n) is 3.34. The lowest BCUT2D eigenvalue weighted by atomic mass is 10.0. The monoisotopic (exact) mass is 286 g/mol. The van der Waals surface area contributed by atoms with Crippen molar-refractivity contribution in [2.45, 2.75) is 58.7 Å². The van der Waals surface area contributed by atoms with Crippen LogP contribution in [0.15, 0.2) is 18.2 Å². The van der Waals surface area contributed by atoms with E-state index < -0.39 is 0 Å². The zero-order valence-corrected chi connectivity index (χ0v) is 13.4. The van der Waals surface area contributed by atoms with Crippen LogP contribution >= 0.6 is 0 Å². The molecule has 2 fully saturated rings. The number of rotatable bonds is 5. The predicted molar refractivity (Wildman–Crippen MR) is 84.9 cm³/mol. The van der Waals surface area contributed by atoms with Gasteiger partial charge >= 0.3 is 0 Å². The minimum absolute atomic E-state index is 0.000506. The van der Waals surface area contributed by atoms with Crippen LogP contribution in [0, 0.1) is 19.8 Å². The molecule has 1 N–H and O–H groups in total. The Balaban J connectivity index is 1.87. The van der Waals surface area contributed by atoms with Crippen molar-refractivity contribution in [1.82, 2.24) is 10.2 Å². The normalized spacial score (nSPS) is 25.7. The van der Waals surface area contributed by atoms with E-state index in [1.807, 2.05) is 0 Å². The van der Waals surface area contributed by atoms with E-state index in [1.165, 1.54) is 29.5 Å². The Morgan fingerprint density at radius 2 is 2.05 bits per heavy atom. The summed E-state index contributed by atoms with van der Waals surface area (Å²) in [6.45, 7) is 7.33. The minimum atomic E-state index is -0.000506. The first-order valence-corrected chi connectivity index (χ1v) is 8.23. The van der Waals surface area contributed by atoms with Gasteiger partial charge < -0.3 is 4.90 Å². The van der Waals surface area contributed by atoms with Gasteiger partial charge in [-0.3, -0.25) is 10.1 Å². The zero-order valence-electron chi connectivity index (χ0n) is 13.4. The number of amides is 1. The third-order valence-electron chi connectivity index (χ3n) is 4.70. The molecule has 1 heterocycles. The molecule has 1 aliphatic heterocycles. The van der Waals surface area contributed by atoms with Crippen LogP contribution in [0.2, 0.25) is 0 Å². The van der Waals surface area contributed by atoms with E-state index in [-0.39, 0.29) is 12.2 Å². The highest BCUT2D eigenvalue weighted by Gasteiger charge is 2.41. The van der Waals surface area contributed by atoms with Gasteiger partial charge in [-0.15, -0.1) is 0 Å². The smallest absolute Gasteiger partial charge is 0.241 e. The summed E-state index contributed by atoms with van der Waals surface area (Å²) < 4.78 is 0. The fraction of sp³-hybridized carbons (Fsp3) is 0.611. The largest absolute Gasteiger partial charge is 0.321 e. The van der Waals surface area contributed by atoms with Crippen molar-refractivity contribution < 1.29 is 4.79 Å². The second-order valence-corrected chi connectivity index (χ2v) is 6.70. The third-order valence-corrected chi connectivity index (χ3v) is 4.70. The van der Waals surface area contributed by atoms with Gasteiger partial charge in [0, 0.05) is 6.54 Å². The highest BCUT2D eigenvalue weighted by Crippen LogP contribution is 2.36. The third kappa shape index (κ3) is 2.98. The van der Waals surface area contributed by atoms with E-state index in [0.29, 0.717) is 5.91 Å². The van der Waals surface area contributed by atoms with E-state index in [2.05, 4.69) is 49.2 Å². The molecular formula is C18H26N2O. The Labute approximate surface area is 127 Å². The molecule has 0 bridgehead atoms. The molecule has 1 aromatic rings. The van der Waals surface area contributed by atoms with Crippen LogP contribution < -0.4 is 5.32 Å². The van der Waals surface area contributed by atoms with Gasteiger partial charge in [-0.2, -0.15) is 0 Å². The second kappa shape index (κ2) is 5.80. The van der Waals surface area contributed by atoms with Gasteiger partial charge in [-0.05, 0) is 50.2 Å². The summed E-state index contributed by atoms with van der Waals surface area (Å²) >= 11 is 0. The molecule has 0 radical (unpaired) electrons. The molecule has 1 aliphatic carbocycles. The van der Waals surface area contributed by atoms with E-state index in [1.54, 1.807) is 0 Å². The molecule has 1 aromatic carbocycles. The standard InChI is InChI=1S/C18H26N2O/c1-4-5-16-18(21)20(11-14-7-8-14)17(19-16)15-9-6-12(2)10-13(15)3/h6,9-10,14,16-17,19H,4-5,7-8,11H2,1-3H3. The van der Waals surface area contributed by atoms with Crippen molar-refractivity contribution >= 4 is 5.91 Å². The molecule has 2 unspecified atom stereocenters. The summed E-state index contributed by atoms with van der Waals surface area (Å²) in [5.74, 6) is 1.03. The van der Waals surface area contributed by atoms with Gasteiger partial charge in [0.15, 0.2) is 0 Å². The van der Waals surface area contributed by atoms with E-state index >= 15 is 0 Å². The van der Waals surface area contributed by atoms with E-state index in [0.717, 1.165) is 25.3 Å². The number of carbonyl (C=O) groups is 1. The summed E-state index contributed by atoms with van der Waals surface area (Å²) in [7, 11) is 0. The van der Waals surface area contributed by atoms with Crippen molar-refractivity contribution in [1.29, 1.82) is 0 Å². The molecule has 1 saturated heterocycles. The average Bonchev–Trinajstić information content (AvgIpc) is 3.20. The molecule has 21 heavy (non-hydrogen) atoms. The second-order valence-electron chi connectivity index (χ2n) is 6.70. The van der Waals surface area contributed by atoms with Crippen LogP contribution in [-0.2, 0) is 4.79 Å². The SMILES string of the molecule is CCCC1NC(c2ccc(C)cc2C)N(CC2CC2)C1=O. The first kappa shape index (κ1) is 14.6. The number of benzene rings is 1. The first-order valence-electron chi connectivity index (χ1n) is 8.23. The zero-order chi connectivity index (χ0) is 15.0. The van der Waals surface area contributed by atoms with Crippen molar-refractivity contribution in [2.75, 3.05) is 6.54 Å².